The van der Waals surface area contributed by atoms with Gasteiger partial charge in [0.15, 0.2) is 0 Å². The van der Waals surface area contributed by atoms with Crippen LogP contribution >= 0.6 is 0 Å². The van der Waals surface area contributed by atoms with Crippen LogP contribution in [0.5, 0.6) is 11.5 Å². The minimum atomic E-state index is -0.628. The van der Waals surface area contributed by atoms with Crippen molar-refractivity contribution in [2.24, 2.45) is 0 Å². The van der Waals surface area contributed by atoms with E-state index in [1.807, 2.05) is 32.0 Å². The lowest BCUT2D eigenvalue weighted by molar-refractivity contribution is -0.389. The Bertz CT molecular complexity index is 1160. The molecule has 31 heavy (non-hydrogen) atoms. The van der Waals surface area contributed by atoms with E-state index < -0.39 is 15.8 Å². The third kappa shape index (κ3) is 5.63. The number of rotatable bonds is 8. The lowest BCUT2D eigenvalue weighted by Crippen LogP contribution is -2.15. The van der Waals surface area contributed by atoms with Crippen molar-refractivity contribution in [2.45, 2.75) is 26.8 Å². The molecule has 160 valence electrons. The molecule has 0 spiro atoms. The smallest absolute Gasteiger partial charge is 0.389 e. The molecule has 0 aliphatic rings. The van der Waals surface area contributed by atoms with E-state index in [4.69, 9.17) is 4.74 Å². The van der Waals surface area contributed by atoms with Crippen LogP contribution in [0.4, 0.5) is 17.2 Å². The van der Waals surface area contributed by atoms with Crippen molar-refractivity contribution in [3.63, 3.8) is 0 Å². The Morgan fingerprint density at radius 1 is 1.10 bits per heavy atom. The van der Waals surface area contributed by atoms with Gasteiger partial charge in [0, 0.05) is 18.6 Å². The van der Waals surface area contributed by atoms with Crippen LogP contribution in [0.2, 0.25) is 0 Å². The number of hydrogen-bond acceptors (Lipinski definition) is 7. The first-order chi connectivity index (χ1) is 14.7. The number of hydrogen-bond donors (Lipinski definition) is 1. The number of nitro groups is 2. The van der Waals surface area contributed by atoms with Crippen LogP contribution in [0, 0.1) is 34.1 Å². The summed E-state index contributed by atoms with van der Waals surface area (Å²) < 4.78 is 7.10. The molecule has 0 aliphatic carbocycles. The fourth-order valence-corrected chi connectivity index (χ4v) is 2.78. The molecule has 0 fully saturated rings. The zero-order valence-electron chi connectivity index (χ0n) is 16.8. The Balaban J connectivity index is 1.73. The van der Waals surface area contributed by atoms with Crippen LogP contribution in [-0.4, -0.2) is 25.5 Å². The predicted molar refractivity (Wildman–Crippen MR) is 111 cm³/mol. The number of nitro benzene ring substituents is 1. The first kappa shape index (κ1) is 21.4. The Hall–Kier alpha value is -4.28. The average molecular weight is 425 g/mol. The van der Waals surface area contributed by atoms with Gasteiger partial charge in [-0.2, -0.15) is 4.68 Å². The van der Waals surface area contributed by atoms with Gasteiger partial charge in [-0.1, -0.05) is 12.1 Å². The molecule has 11 heteroatoms. The summed E-state index contributed by atoms with van der Waals surface area (Å²) in [6, 6.07) is 10.9. The number of nitrogens with one attached hydrogen (secondary N) is 1. The molecule has 0 unspecified atom stereocenters. The number of carbonyl (C=O) groups is 1. The molecule has 1 amide bonds. The average Bonchev–Trinajstić information content (AvgIpc) is 3.18. The van der Waals surface area contributed by atoms with Gasteiger partial charge >= 0.3 is 5.82 Å². The number of amides is 1. The lowest BCUT2D eigenvalue weighted by Gasteiger charge is -2.11. The van der Waals surface area contributed by atoms with Crippen LogP contribution in [0.3, 0.4) is 0 Å². The van der Waals surface area contributed by atoms with Crippen LogP contribution < -0.4 is 10.1 Å². The van der Waals surface area contributed by atoms with Crippen LogP contribution in [0.15, 0.2) is 48.7 Å². The fraction of sp³-hybridized carbons (Fsp3) is 0.200. The molecule has 0 aliphatic heterocycles. The van der Waals surface area contributed by atoms with E-state index in [0.717, 1.165) is 11.1 Å². The Kier molecular flexibility index (Phi) is 6.24. The predicted octanol–water partition coefficient (Wildman–Crippen LogP) is 4.14. The van der Waals surface area contributed by atoms with Gasteiger partial charge in [-0.25, -0.2) is 0 Å². The van der Waals surface area contributed by atoms with Crippen molar-refractivity contribution in [3.8, 4) is 11.5 Å². The summed E-state index contributed by atoms with van der Waals surface area (Å²) in [6.45, 7) is 3.87. The van der Waals surface area contributed by atoms with E-state index in [-0.39, 0.29) is 35.9 Å². The maximum absolute atomic E-state index is 12.3. The number of nitrogens with zero attached hydrogens (tertiary/aromatic N) is 4. The Morgan fingerprint density at radius 3 is 2.55 bits per heavy atom. The number of ether oxygens (including phenoxy) is 1. The Morgan fingerprint density at radius 2 is 1.87 bits per heavy atom. The summed E-state index contributed by atoms with van der Waals surface area (Å²) in [7, 11) is 0. The third-order valence-corrected chi connectivity index (χ3v) is 4.34. The summed E-state index contributed by atoms with van der Waals surface area (Å²) >= 11 is 0. The van der Waals surface area contributed by atoms with Crippen LogP contribution in [-0.2, 0) is 11.3 Å². The molecule has 0 saturated carbocycles. The Labute approximate surface area is 176 Å². The quantitative estimate of drug-likeness (QED) is 0.422. The van der Waals surface area contributed by atoms with E-state index in [0.29, 0.717) is 5.75 Å². The molecule has 0 radical (unpaired) electrons. The SMILES string of the molecule is Cc1ccc(C)c(Oc2cc(NC(=O)CCn3ccc([N+](=O)[O-])n3)cc([N+](=O)[O-])c2)c1. The van der Waals surface area contributed by atoms with Gasteiger partial charge in [-0.3, -0.25) is 14.9 Å². The molecule has 1 aromatic heterocycles. The molecular weight excluding hydrogens is 406 g/mol. The number of carbonyl (C=O) groups excluding carboxylic acids is 1. The van der Waals surface area contributed by atoms with Gasteiger partial charge in [-0.05, 0) is 36.0 Å². The van der Waals surface area contributed by atoms with Gasteiger partial charge in [0.25, 0.3) is 5.69 Å². The number of anilines is 1. The highest BCUT2D eigenvalue weighted by molar-refractivity contribution is 5.91. The van der Waals surface area contributed by atoms with E-state index in [1.54, 1.807) is 0 Å². The van der Waals surface area contributed by atoms with Gasteiger partial charge < -0.3 is 20.2 Å². The highest BCUT2D eigenvalue weighted by atomic mass is 16.6. The number of aromatic nitrogens is 2. The van der Waals surface area contributed by atoms with E-state index >= 15 is 0 Å². The summed E-state index contributed by atoms with van der Waals surface area (Å²) in [4.78, 5) is 33.0. The molecule has 2 aromatic carbocycles. The molecule has 1 heterocycles. The molecule has 3 aromatic rings. The zero-order chi connectivity index (χ0) is 22.5. The first-order valence-electron chi connectivity index (χ1n) is 9.23. The van der Waals surface area contributed by atoms with E-state index in [2.05, 4.69) is 10.4 Å². The number of benzene rings is 2. The molecule has 11 nitrogen and oxygen atoms in total. The van der Waals surface area contributed by atoms with Crippen molar-refractivity contribution >= 4 is 23.1 Å². The molecular formula is C20H19N5O6. The van der Waals surface area contributed by atoms with Crippen LogP contribution in [0.25, 0.3) is 0 Å². The summed E-state index contributed by atoms with van der Waals surface area (Å²) in [6.07, 6.45) is 1.36. The van der Waals surface area contributed by atoms with Crippen molar-refractivity contribution in [2.75, 3.05) is 5.32 Å². The summed E-state index contributed by atoms with van der Waals surface area (Å²) in [5.74, 6) is 0.0163. The van der Waals surface area contributed by atoms with Crippen LogP contribution in [0.1, 0.15) is 17.5 Å². The summed E-state index contributed by atoms with van der Waals surface area (Å²) in [5.41, 5.74) is 1.79. The van der Waals surface area contributed by atoms with Crippen molar-refractivity contribution in [3.05, 3.63) is 80.0 Å². The minimum Gasteiger partial charge on any atom is -0.457 e. The van der Waals surface area contributed by atoms with Gasteiger partial charge in [0.2, 0.25) is 5.91 Å². The molecule has 0 bridgehead atoms. The molecule has 1 N–H and O–H groups in total. The van der Waals surface area contributed by atoms with Crippen molar-refractivity contribution < 1.29 is 19.4 Å². The van der Waals surface area contributed by atoms with Gasteiger partial charge in [0.1, 0.15) is 11.5 Å². The topological polar surface area (TPSA) is 142 Å². The zero-order valence-corrected chi connectivity index (χ0v) is 16.8. The van der Waals surface area contributed by atoms with E-state index in [9.17, 15) is 25.0 Å². The normalized spacial score (nSPS) is 10.5. The third-order valence-electron chi connectivity index (χ3n) is 4.34. The fourth-order valence-electron chi connectivity index (χ4n) is 2.78. The standard InChI is InChI=1S/C20H19N5O6/c1-13-3-4-14(2)18(9-13)31-17-11-15(10-16(12-17)24(27)28)21-20(26)6-8-23-7-5-19(22-23)25(29)30/h3-5,7,9-12H,6,8H2,1-2H3,(H,21,26). The van der Waals surface area contributed by atoms with Crippen molar-refractivity contribution in [1.82, 2.24) is 9.78 Å². The van der Waals surface area contributed by atoms with Gasteiger partial charge in [0.05, 0.1) is 40.6 Å². The molecule has 0 saturated heterocycles. The number of aryl methyl sites for hydroxylation is 3. The summed E-state index contributed by atoms with van der Waals surface area (Å²) in [5, 5.41) is 28.3. The van der Waals surface area contributed by atoms with E-state index in [1.165, 1.54) is 35.1 Å². The highest BCUT2D eigenvalue weighted by Crippen LogP contribution is 2.31. The lowest BCUT2D eigenvalue weighted by atomic mass is 10.1. The first-order valence-corrected chi connectivity index (χ1v) is 9.23. The second-order valence-corrected chi connectivity index (χ2v) is 6.84. The largest absolute Gasteiger partial charge is 0.457 e. The number of non-ortho nitro benzene ring substituents is 1. The van der Waals surface area contributed by atoms with Crippen molar-refractivity contribution in [1.29, 1.82) is 0 Å². The second kappa shape index (κ2) is 9.03. The minimum absolute atomic E-state index is 0.0330. The van der Waals surface area contributed by atoms with Gasteiger partial charge in [-0.15, -0.1) is 0 Å². The maximum Gasteiger partial charge on any atom is 0.389 e. The monoisotopic (exact) mass is 425 g/mol. The molecule has 3 rings (SSSR count). The second-order valence-electron chi connectivity index (χ2n) is 6.84. The maximum atomic E-state index is 12.3. The molecule has 0 atom stereocenters. The highest BCUT2D eigenvalue weighted by Gasteiger charge is 2.15.